The highest BCUT2D eigenvalue weighted by Gasteiger charge is 2.42. The summed E-state index contributed by atoms with van der Waals surface area (Å²) in [5.41, 5.74) is 3.17. The largest absolute Gasteiger partial charge is 0.508 e. The van der Waals surface area contributed by atoms with Crippen molar-refractivity contribution in [3.63, 3.8) is 0 Å². The molecule has 3 unspecified atom stereocenters. The molecule has 5 heteroatoms. The lowest BCUT2D eigenvalue weighted by Gasteiger charge is -2.37. The highest BCUT2D eigenvalue weighted by Crippen LogP contribution is 2.49. The summed E-state index contributed by atoms with van der Waals surface area (Å²) >= 11 is 0. The Morgan fingerprint density at radius 2 is 2.07 bits per heavy atom. The fourth-order valence-corrected chi connectivity index (χ4v) is 4.67. The van der Waals surface area contributed by atoms with Crippen LogP contribution < -0.4 is 10.2 Å². The van der Waals surface area contributed by atoms with Crippen LogP contribution in [0.1, 0.15) is 50.2 Å². The number of nitrogens with one attached hydrogen (secondary N) is 1. The maximum atomic E-state index is 13.7. The normalized spacial score (nSPS) is 23.4. The summed E-state index contributed by atoms with van der Waals surface area (Å²) in [6, 6.07) is 12.7. The number of fused-ring (bicyclic) bond motifs is 3. The Labute approximate surface area is 165 Å². The van der Waals surface area contributed by atoms with Crippen molar-refractivity contribution in [3.05, 3.63) is 59.4 Å². The molecule has 1 heterocycles. The standard InChI is InChI=1S/C23H27FN2O2/c1-14(2)23(28)25-17-6-8-21-19(11-17)20-12-18(27)7-9-22(20)26(21)13-15-4-3-5-16(24)10-15/h3-5,7,9-10,12,14,17,19,21,27H,6,8,11,13H2,1-2H3,(H,25,28). The first-order chi connectivity index (χ1) is 13.4. The zero-order valence-corrected chi connectivity index (χ0v) is 16.4. The fourth-order valence-electron chi connectivity index (χ4n) is 4.67. The number of anilines is 1. The van der Waals surface area contributed by atoms with E-state index in [1.165, 1.54) is 6.07 Å². The third kappa shape index (κ3) is 3.58. The topological polar surface area (TPSA) is 52.6 Å². The first kappa shape index (κ1) is 18.8. The van der Waals surface area contributed by atoms with E-state index in [-0.39, 0.29) is 35.4 Å². The zero-order chi connectivity index (χ0) is 19.8. The summed E-state index contributed by atoms with van der Waals surface area (Å²) < 4.78 is 13.7. The van der Waals surface area contributed by atoms with Crippen LogP contribution in [0.4, 0.5) is 10.1 Å². The summed E-state index contributed by atoms with van der Waals surface area (Å²) in [5.74, 6) is 0.357. The molecule has 4 rings (SSSR count). The molecule has 0 aromatic heterocycles. The van der Waals surface area contributed by atoms with E-state index < -0.39 is 0 Å². The van der Waals surface area contributed by atoms with Crippen LogP contribution in [0.15, 0.2) is 42.5 Å². The van der Waals surface area contributed by atoms with Gasteiger partial charge in [0.25, 0.3) is 0 Å². The van der Waals surface area contributed by atoms with Gasteiger partial charge in [-0.15, -0.1) is 0 Å². The molecular weight excluding hydrogens is 355 g/mol. The van der Waals surface area contributed by atoms with Gasteiger partial charge in [-0.1, -0.05) is 26.0 Å². The Kier molecular flexibility index (Phi) is 5.00. The number of phenols is 1. The number of amides is 1. The first-order valence-electron chi connectivity index (χ1n) is 10.1. The molecule has 1 amide bonds. The molecule has 0 saturated heterocycles. The van der Waals surface area contributed by atoms with Crippen molar-refractivity contribution in [1.82, 2.24) is 5.32 Å². The van der Waals surface area contributed by atoms with Crippen molar-refractivity contribution in [2.45, 2.75) is 57.7 Å². The number of hydrogen-bond donors (Lipinski definition) is 2. The van der Waals surface area contributed by atoms with Gasteiger partial charge in [-0.3, -0.25) is 4.79 Å². The Morgan fingerprint density at radius 3 is 2.82 bits per heavy atom. The van der Waals surface area contributed by atoms with E-state index >= 15 is 0 Å². The monoisotopic (exact) mass is 382 g/mol. The minimum absolute atomic E-state index is 0.0258. The predicted molar refractivity (Wildman–Crippen MR) is 108 cm³/mol. The van der Waals surface area contributed by atoms with Gasteiger partial charge in [0, 0.05) is 36.2 Å². The maximum absolute atomic E-state index is 13.7. The molecule has 1 saturated carbocycles. The second-order valence-electron chi connectivity index (χ2n) is 8.35. The molecule has 0 radical (unpaired) electrons. The molecule has 2 aromatic rings. The van der Waals surface area contributed by atoms with Crippen LogP contribution in [-0.4, -0.2) is 23.1 Å². The SMILES string of the molecule is CC(C)C(=O)NC1CCC2C(C1)c1cc(O)ccc1N2Cc1cccc(F)c1. The van der Waals surface area contributed by atoms with Gasteiger partial charge >= 0.3 is 0 Å². The number of phenolic OH excluding ortho intramolecular Hbond substituents is 1. The average molecular weight is 382 g/mol. The fraction of sp³-hybridized carbons (Fsp3) is 0.435. The van der Waals surface area contributed by atoms with Crippen molar-refractivity contribution in [1.29, 1.82) is 0 Å². The minimum Gasteiger partial charge on any atom is -0.508 e. The van der Waals surface area contributed by atoms with Crippen molar-refractivity contribution < 1.29 is 14.3 Å². The second-order valence-corrected chi connectivity index (χ2v) is 8.35. The van der Waals surface area contributed by atoms with E-state index in [9.17, 15) is 14.3 Å². The summed E-state index contributed by atoms with van der Waals surface area (Å²) in [7, 11) is 0. The molecule has 1 aliphatic carbocycles. The van der Waals surface area contributed by atoms with Crippen molar-refractivity contribution in [3.8, 4) is 5.75 Å². The van der Waals surface area contributed by atoms with Crippen LogP contribution >= 0.6 is 0 Å². The van der Waals surface area contributed by atoms with Crippen molar-refractivity contribution in [2.24, 2.45) is 5.92 Å². The first-order valence-corrected chi connectivity index (χ1v) is 10.1. The van der Waals surface area contributed by atoms with E-state index in [4.69, 9.17) is 0 Å². The van der Waals surface area contributed by atoms with Gasteiger partial charge < -0.3 is 15.3 Å². The molecule has 1 fully saturated rings. The number of carbonyl (C=O) groups excluding carboxylic acids is 1. The van der Waals surface area contributed by atoms with Gasteiger partial charge in [-0.2, -0.15) is 0 Å². The van der Waals surface area contributed by atoms with E-state index in [1.54, 1.807) is 18.2 Å². The Morgan fingerprint density at radius 1 is 1.25 bits per heavy atom. The van der Waals surface area contributed by atoms with Crippen LogP contribution in [0.5, 0.6) is 5.75 Å². The third-order valence-electron chi connectivity index (χ3n) is 6.05. The lowest BCUT2D eigenvalue weighted by Crippen LogP contribution is -2.45. The van der Waals surface area contributed by atoms with Gasteiger partial charge in [-0.25, -0.2) is 4.39 Å². The number of aromatic hydroxyl groups is 1. The van der Waals surface area contributed by atoms with E-state index in [2.05, 4.69) is 10.2 Å². The summed E-state index contributed by atoms with van der Waals surface area (Å²) in [5, 5.41) is 13.2. The number of carbonyl (C=O) groups is 1. The van der Waals surface area contributed by atoms with Crippen LogP contribution in [0.3, 0.4) is 0 Å². The summed E-state index contributed by atoms with van der Waals surface area (Å²) in [6.45, 7) is 4.45. The number of rotatable bonds is 4. The van der Waals surface area contributed by atoms with Gasteiger partial charge in [0.2, 0.25) is 5.91 Å². The second kappa shape index (κ2) is 7.46. The van der Waals surface area contributed by atoms with E-state index in [0.717, 1.165) is 36.1 Å². The van der Waals surface area contributed by atoms with Crippen LogP contribution in [0.2, 0.25) is 0 Å². The zero-order valence-electron chi connectivity index (χ0n) is 16.4. The molecule has 28 heavy (non-hydrogen) atoms. The lowest BCUT2D eigenvalue weighted by molar-refractivity contribution is -0.124. The average Bonchev–Trinajstić information content (AvgIpc) is 2.94. The van der Waals surface area contributed by atoms with Crippen LogP contribution in [-0.2, 0) is 11.3 Å². The van der Waals surface area contributed by atoms with Crippen LogP contribution in [0, 0.1) is 11.7 Å². The van der Waals surface area contributed by atoms with Gasteiger partial charge in [-0.05, 0) is 60.7 Å². The Hall–Kier alpha value is -2.56. The molecule has 0 bridgehead atoms. The number of hydrogen-bond acceptors (Lipinski definition) is 3. The molecule has 1 aliphatic heterocycles. The Balaban J connectivity index is 1.60. The smallest absolute Gasteiger partial charge is 0.222 e. The van der Waals surface area contributed by atoms with Crippen LogP contribution in [0.25, 0.3) is 0 Å². The van der Waals surface area contributed by atoms with Gasteiger partial charge in [0.05, 0.1) is 0 Å². The van der Waals surface area contributed by atoms with Crippen molar-refractivity contribution >= 4 is 11.6 Å². The molecule has 4 nitrogen and oxygen atoms in total. The molecule has 148 valence electrons. The minimum atomic E-state index is -0.223. The molecule has 2 N–H and O–H groups in total. The van der Waals surface area contributed by atoms with E-state index in [0.29, 0.717) is 12.6 Å². The van der Waals surface area contributed by atoms with Gasteiger partial charge in [0.1, 0.15) is 11.6 Å². The number of nitrogens with zero attached hydrogens (tertiary/aromatic N) is 1. The molecule has 2 aliphatic rings. The molecular formula is C23H27FN2O2. The Bertz CT molecular complexity index is 883. The molecule has 0 spiro atoms. The highest BCUT2D eigenvalue weighted by atomic mass is 19.1. The number of benzene rings is 2. The molecule has 2 aromatic carbocycles. The summed E-state index contributed by atoms with van der Waals surface area (Å²) in [6.07, 6.45) is 2.75. The predicted octanol–water partition coefficient (Wildman–Crippen LogP) is 4.33. The van der Waals surface area contributed by atoms with Crippen molar-refractivity contribution in [2.75, 3.05) is 4.90 Å². The van der Waals surface area contributed by atoms with E-state index in [1.807, 2.05) is 32.0 Å². The number of halogens is 1. The lowest BCUT2D eigenvalue weighted by atomic mass is 9.79. The quantitative estimate of drug-likeness (QED) is 0.828. The third-order valence-corrected chi connectivity index (χ3v) is 6.05. The molecule has 3 atom stereocenters. The van der Waals surface area contributed by atoms with Gasteiger partial charge in [0.15, 0.2) is 0 Å². The maximum Gasteiger partial charge on any atom is 0.222 e. The highest BCUT2D eigenvalue weighted by molar-refractivity contribution is 5.78. The summed E-state index contributed by atoms with van der Waals surface area (Å²) in [4.78, 5) is 14.5.